The molecule has 0 bridgehead atoms. The van der Waals surface area contributed by atoms with Crippen molar-refractivity contribution < 1.29 is 18.7 Å². The van der Waals surface area contributed by atoms with Crippen LogP contribution < -0.4 is 15.7 Å². The summed E-state index contributed by atoms with van der Waals surface area (Å²) in [5.41, 5.74) is 1.31. The number of nitrogens with zero attached hydrogens (tertiary/aromatic N) is 1. The van der Waals surface area contributed by atoms with E-state index in [4.69, 9.17) is 20.8 Å². The lowest BCUT2D eigenvalue weighted by molar-refractivity contribution is -0.121. The summed E-state index contributed by atoms with van der Waals surface area (Å²) in [4.78, 5) is 41.3. The van der Waals surface area contributed by atoms with Gasteiger partial charge in [0.05, 0.1) is 18.4 Å². The number of carbonyl (C=O) groups is 2. The fourth-order valence-electron chi connectivity index (χ4n) is 3.15. The second-order valence-corrected chi connectivity index (χ2v) is 8.50. The normalized spacial score (nSPS) is 15.8. The third kappa shape index (κ3) is 4.35. The van der Waals surface area contributed by atoms with Crippen molar-refractivity contribution in [3.05, 3.63) is 69.0 Å². The van der Waals surface area contributed by atoms with Crippen molar-refractivity contribution >= 4 is 56.9 Å². The van der Waals surface area contributed by atoms with E-state index >= 15 is 0 Å². The summed E-state index contributed by atoms with van der Waals surface area (Å²) in [6.45, 7) is 1.81. The number of halogens is 1. The minimum absolute atomic E-state index is 0.111. The first-order valence-corrected chi connectivity index (χ1v) is 10.6. The monoisotopic (exact) mass is 456 g/mol. The Balaban J connectivity index is 1.49. The lowest BCUT2D eigenvalue weighted by Gasteiger charge is -2.13. The van der Waals surface area contributed by atoms with Crippen molar-refractivity contribution in [2.24, 2.45) is 4.99 Å². The number of hydrogen-bond donors (Lipinski definition) is 1. The summed E-state index contributed by atoms with van der Waals surface area (Å²) in [7, 11) is 1.47. The number of carbonyl (C=O) groups excluding carboxylic acids is 2. The van der Waals surface area contributed by atoms with E-state index in [1.165, 1.54) is 7.11 Å². The van der Waals surface area contributed by atoms with Crippen LogP contribution in [0.15, 0.2) is 56.7 Å². The Morgan fingerprint density at radius 1 is 1.26 bits per heavy atom. The molecule has 1 unspecified atom stereocenters. The number of para-hydroxylation sites is 1. The molecule has 1 N–H and O–H groups in total. The molecule has 31 heavy (non-hydrogen) atoms. The summed E-state index contributed by atoms with van der Waals surface area (Å²) in [5.74, 6) is -0.435. The van der Waals surface area contributed by atoms with Crippen LogP contribution in [0, 0.1) is 6.92 Å². The molecule has 1 atom stereocenters. The Labute approximate surface area is 186 Å². The predicted molar refractivity (Wildman–Crippen MR) is 121 cm³/mol. The van der Waals surface area contributed by atoms with E-state index in [1.807, 2.05) is 13.0 Å². The highest BCUT2D eigenvalue weighted by Gasteiger charge is 2.32. The van der Waals surface area contributed by atoms with Crippen molar-refractivity contribution in [2.75, 3.05) is 12.4 Å². The number of thioether (sulfide) groups is 1. The summed E-state index contributed by atoms with van der Waals surface area (Å²) >= 11 is 7.17. The standard InChI is InChI=1S/C22H17ClN2O5S/c1-11-7-15(17(29-2)9-14(11)23)24-19(26)10-18-20(27)25-21(31-18)13-8-12-5-3-4-6-16(12)30-22(13)28/h3-9,18H,10H2,1-2H3,(H,24,26). The molecule has 1 aliphatic heterocycles. The van der Waals surface area contributed by atoms with Gasteiger partial charge >= 0.3 is 5.63 Å². The predicted octanol–water partition coefficient (Wildman–Crippen LogP) is 4.18. The Hall–Kier alpha value is -3.10. The largest absolute Gasteiger partial charge is 0.495 e. The lowest BCUT2D eigenvalue weighted by Crippen LogP contribution is -2.22. The van der Waals surface area contributed by atoms with Crippen LogP contribution in [0.4, 0.5) is 5.69 Å². The fraction of sp³-hybridized carbons (Fsp3) is 0.182. The van der Waals surface area contributed by atoms with Crippen molar-refractivity contribution in [3.63, 3.8) is 0 Å². The van der Waals surface area contributed by atoms with Gasteiger partial charge in [-0.05, 0) is 30.7 Å². The molecule has 0 fully saturated rings. The number of hydrogen-bond acceptors (Lipinski definition) is 6. The fourth-order valence-corrected chi connectivity index (χ4v) is 4.37. The van der Waals surface area contributed by atoms with Gasteiger partial charge in [-0.25, -0.2) is 9.79 Å². The molecule has 0 aliphatic carbocycles. The maximum absolute atomic E-state index is 12.6. The van der Waals surface area contributed by atoms with E-state index in [2.05, 4.69) is 10.3 Å². The third-order valence-electron chi connectivity index (χ3n) is 4.74. The number of methoxy groups -OCH3 is 1. The first-order valence-electron chi connectivity index (χ1n) is 9.32. The lowest BCUT2D eigenvalue weighted by atomic mass is 10.2. The first kappa shape index (κ1) is 21.1. The molecule has 3 aromatic rings. The van der Waals surface area contributed by atoms with E-state index in [-0.39, 0.29) is 22.9 Å². The van der Waals surface area contributed by atoms with Crippen LogP contribution >= 0.6 is 23.4 Å². The quantitative estimate of drug-likeness (QED) is 0.578. The number of anilines is 1. The first-order chi connectivity index (χ1) is 14.9. The van der Waals surface area contributed by atoms with Crippen LogP contribution in [0.3, 0.4) is 0 Å². The smallest absolute Gasteiger partial charge is 0.346 e. The van der Waals surface area contributed by atoms with Crippen molar-refractivity contribution in [1.82, 2.24) is 0 Å². The van der Waals surface area contributed by atoms with E-state index in [0.717, 1.165) is 22.7 Å². The maximum atomic E-state index is 12.6. The van der Waals surface area contributed by atoms with Crippen LogP contribution in [0.1, 0.15) is 17.5 Å². The van der Waals surface area contributed by atoms with Gasteiger partial charge in [0.15, 0.2) is 0 Å². The van der Waals surface area contributed by atoms with Gasteiger partial charge < -0.3 is 14.5 Å². The molecule has 9 heteroatoms. The van der Waals surface area contributed by atoms with Gasteiger partial charge in [-0.3, -0.25) is 9.59 Å². The van der Waals surface area contributed by atoms with Crippen LogP contribution in [0.5, 0.6) is 5.75 Å². The number of benzene rings is 2. The number of fused-ring (bicyclic) bond motifs is 1. The van der Waals surface area contributed by atoms with E-state index < -0.39 is 16.8 Å². The zero-order valence-corrected chi connectivity index (χ0v) is 18.2. The molecule has 1 aromatic heterocycles. The van der Waals surface area contributed by atoms with E-state index in [0.29, 0.717) is 22.0 Å². The molecular formula is C22H17ClN2O5S. The second kappa shape index (κ2) is 8.56. The maximum Gasteiger partial charge on any atom is 0.346 e. The van der Waals surface area contributed by atoms with Crippen LogP contribution in [-0.2, 0) is 9.59 Å². The van der Waals surface area contributed by atoms with Gasteiger partial charge in [0.1, 0.15) is 21.6 Å². The molecule has 158 valence electrons. The molecule has 2 aromatic carbocycles. The number of aryl methyl sites for hydroxylation is 1. The Morgan fingerprint density at radius 3 is 2.81 bits per heavy atom. The topological polar surface area (TPSA) is 98.0 Å². The number of ether oxygens (including phenoxy) is 1. The summed E-state index contributed by atoms with van der Waals surface area (Å²) in [5, 5.41) is 3.50. The molecule has 7 nitrogen and oxygen atoms in total. The van der Waals surface area contributed by atoms with Gasteiger partial charge in [-0.1, -0.05) is 41.6 Å². The Kier molecular flexibility index (Phi) is 5.84. The van der Waals surface area contributed by atoms with Crippen molar-refractivity contribution in [2.45, 2.75) is 18.6 Å². The minimum Gasteiger partial charge on any atom is -0.495 e. The average Bonchev–Trinajstić information content (AvgIpc) is 3.09. The van der Waals surface area contributed by atoms with Crippen molar-refractivity contribution in [3.8, 4) is 5.75 Å². The molecular weight excluding hydrogens is 440 g/mol. The molecule has 0 saturated carbocycles. The Bertz CT molecular complexity index is 1300. The van der Waals surface area contributed by atoms with E-state index in [1.54, 1.807) is 36.4 Å². The highest BCUT2D eigenvalue weighted by molar-refractivity contribution is 8.16. The Morgan fingerprint density at radius 2 is 2.03 bits per heavy atom. The number of amides is 2. The van der Waals surface area contributed by atoms with Crippen LogP contribution in [0.25, 0.3) is 11.0 Å². The molecule has 0 spiro atoms. The average molecular weight is 457 g/mol. The molecule has 2 heterocycles. The molecule has 0 radical (unpaired) electrons. The van der Waals surface area contributed by atoms with Gasteiger partial charge in [0.25, 0.3) is 5.91 Å². The zero-order chi connectivity index (χ0) is 22.1. The highest BCUT2D eigenvalue weighted by atomic mass is 35.5. The summed E-state index contributed by atoms with van der Waals surface area (Å²) in [6.07, 6.45) is -0.111. The zero-order valence-electron chi connectivity index (χ0n) is 16.6. The van der Waals surface area contributed by atoms with Crippen LogP contribution in [-0.4, -0.2) is 29.2 Å². The summed E-state index contributed by atoms with van der Waals surface area (Å²) in [6, 6.07) is 12.0. The molecule has 1 aliphatic rings. The van der Waals surface area contributed by atoms with Gasteiger partial charge in [0, 0.05) is 22.9 Å². The molecule has 4 rings (SSSR count). The minimum atomic E-state index is -0.736. The second-order valence-electron chi connectivity index (χ2n) is 6.90. The van der Waals surface area contributed by atoms with Gasteiger partial charge in [-0.15, -0.1) is 0 Å². The third-order valence-corrected chi connectivity index (χ3v) is 6.33. The molecule has 2 amide bonds. The summed E-state index contributed by atoms with van der Waals surface area (Å²) < 4.78 is 10.6. The SMILES string of the molecule is COc1cc(Cl)c(C)cc1NC(=O)CC1SC(c2cc3ccccc3oc2=O)=NC1=O. The van der Waals surface area contributed by atoms with Crippen molar-refractivity contribution in [1.29, 1.82) is 0 Å². The number of aliphatic imine (C=N–C) groups is 1. The van der Waals surface area contributed by atoms with Gasteiger partial charge in [-0.2, -0.15) is 0 Å². The van der Waals surface area contributed by atoms with E-state index in [9.17, 15) is 14.4 Å². The number of nitrogens with one attached hydrogen (secondary N) is 1. The van der Waals surface area contributed by atoms with Crippen LogP contribution in [0.2, 0.25) is 5.02 Å². The molecule has 0 saturated heterocycles. The highest BCUT2D eigenvalue weighted by Crippen LogP contribution is 2.33. The van der Waals surface area contributed by atoms with Gasteiger partial charge in [0.2, 0.25) is 5.91 Å². The number of rotatable bonds is 5.